The summed E-state index contributed by atoms with van der Waals surface area (Å²) in [6.45, 7) is 5.06. The Bertz CT molecular complexity index is 831. The first-order valence-corrected chi connectivity index (χ1v) is 10.0. The summed E-state index contributed by atoms with van der Waals surface area (Å²) in [6.07, 6.45) is 0. The minimum Gasteiger partial charge on any atom is -0.468 e. The molecule has 0 saturated carbocycles. The zero-order chi connectivity index (χ0) is 20.8. The Morgan fingerprint density at radius 1 is 1.03 bits per heavy atom. The second-order valence-corrected chi connectivity index (χ2v) is 7.64. The molecule has 1 amide bonds. The fourth-order valence-corrected chi connectivity index (χ4v) is 3.60. The van der Waals surface area contributed by atoms with Gasteiger partial charge in [0.15, 0.2) is 0 Å². The Morgan fingerprint density at radius 2 is 1.66 bits per heavy atom. The molecule has 3 rings (SSSR count). The van der Waals surface area contributed by atoms with Crippen LogP contribution in [0.2, 0.25) is 5.02 Å². The van der Waals surface area contributed by atoms with Gasteiger partial charge in [0.25, 0.3) is 0 Å². The number of carbonyl (C=O) groups excluding carboxylic acids is 2. The molecular formula is C22H26ClN3O3. The molecule has 1 aliphatic rings. The summed E-state index contributed by atoms with van der Waals surface area (Å²) in [5, 5.41) is 3.55. The molecule has 0 radical (unpaired) electrons. The van der Waals surface area contributed by atoms with Gasteiger partial charge in [-0.3, -0.25) is 14.6 Å². The molecule has 29 heavy (non-hydrogen) atoms. The smallest absolute Gasteiger partial charge is 0.327 e. The molecular weight excluding hydrogens is 390 g/mol. The molecule has 0 bridgehead atoms. The lowest BCUT2D eigenvalue weighted by Gasteiger charge is -2.38. The Hall–Kier alpha value is -2.41. The molecule has 2 aromatic carbocycles. The third kappa shape index (κ3) is 5.79. The first-order valence-electron chi connectivity index (χ1n) is 9.62. The van der Waals surface area contributed by atoms with Crippen molar-refractivity contribution < 1.29 is 14.3 Å². The second-order valence-electron chi connectivity index (χ2n) is 7.20. The van der Waals surface area contributed by atoms with Gasteiger partial charge in [-0.2, -0.15) is 0 Å². The Morgan fingerprint density at radius 3 is 2.24 bits per heavy atom. The van der Waals surface area contributed by atoms with Gasteiger partial charge >= 0.3 is 5.97 Å². The molecule has 1 unspecified atom stereocenters. The molecule has 0 aromatic heterocycles. The van der Waals surface area contributed by atoms with Crippen LogP contribution in [-0.4, -0.2) is 61.5 Å². The topological polar surface area (TPSA) is 61.9 Å². The van der Waals surface area contributed by atoms with Crippen molar-refractivity contribution in [1.29, 1.82) is 0 Å². The van der Waals surface area contributed by atoms with Gasteiger partial charge in [0.05, 0.1) is 13.7 Å². The number of ether oxygens (including phenoxy) is 1. The standard InChI is InChI=1S/C22H26ClN3O3/c1-16-3-9-19(10-4-16)24-20(27)15-25-11-13-26(14-12-25)21(22(28)29-2)17-5-7-18(23)8-6-17/h3-10,21H,11-15H2,1-2H3,(H,24,27). The first-order chi connectivity index (χ1) is 14.0. The van der Waals surface area contributed by atoms with Crippen LogP contribution in [0.3, 0.4) is 0 Å². The summed E-state index contributed by atoms with van der Waals surface area (Å²) in [4.78, 5) is 28.9. The summed E-state index contributed by atoms with van der Waals surface area (Å²) in [6, 6.07) is 14.5. The van der Waals surface area contributed by atoms with Crippen molar-refractivity contribution in [2.24, 2.45) is 0 Å². The highest BCUT2D eigenvalue weighted by Gasteiger charge is 2.31. The van der Waals surface area contributed by atoms with E-state index in [-0.39, 0.29) is 11.9 Å². The average molecular weight is 416 g/mol. The van der Waals surface area contributed by atoms with Gasteiger partial charge < -0.3 is 10.1 Å². The minimum atomic E-state index is -0.471. The Balaban J connectivity index is 1.56. The van der Waals surface area contributed by atoms with Gasteiger partial charge in [-0.25, -0.2) is 4.79 Å². The number of halogens is 1. The lowest BCUT2D eigenvalue weighted by molar-refractivity contribution is -0.148. The third-order valence-corrected chi connectivity index (χ3v) is 5.34. The molecule has 0 spiro atoms. The van der Waals surface area contributed by atoms with Crippen molar-refractivity contribution in [3.05, 3.63) is 64.7 Å². The zero-order valence-electron chi connectivity index (χ0n) is 16.7. The van der Waals surface area contributed by atoms with E-state index in [1.807, 2.05) is 43.3 Å². The molecule has 1 heterocycles. The molecule has 1 atom stereocenters. The summed E-state index contributed by atoms with van der Waals surface area (Å²) >= 11 is 5.97. The number of carbonyl (C=O) groups is 2. The van der Waals surface area contributed by atoms with E-state index in [0.29, 0.717) is 37.7 Å². The van der Waals surface area contributed by atoms with E-state index in [4.69, 9.17) is 16.3 Å². The van der Waals surface area contributed by atoms with E-state index < -0.39 is 6.04 Å². The van der Waals surface area contributed by atoms with Crippen molar-refractivity contribution in [2.45, 2.75) is 13.0 Å². The number of hydrogen-bond donors (Lipinski definition) is 1. The van der Waals surface area contributed by atoms with Crippen LogP contribution in [0.5, 0.6) is 0 Å². The fourth-order valence-electron chi connectivity index (χ4n) is 3.47. The Labute approximate surface area is 176 Å². The van der Waals surface area contributed by atoms with Gasteiger partial charge in [-0.15, -0.1) is 0 Å². The monoisotopic (exact) mass is 415 g/mol. The number of piperazine rings is 1. The van der Waals surface area contributed by atoms with Crippen LogP contribution >= 0.6 is 11.6 Å². The number of benzene rings is 2. The van der Waals surface area contributed by atoms with Crippen molar-refractivity contribution >= 4 is 29.2 Å². The van der Waals surface area contributed by atoms with Crippen molar-refractivity contribution in [2.75, 3.05) is 45.2 Å². The summed E-state index contributed by atoms with van der Waals surface area (Å²) in [7, 11) is 1.40. The van der Waals surface area contributed by atoms with E-state index in [0.717, 1.165) is 16.8 Å². The molecule has 1 aliphatic heterocycles. The molecule has 0 aliphatic carbocycles. The zero-order valence-corrected chi connectivity index (χ0v) is 17.5. The third-order valence-electron chi connectivity index (χ3n) is 5.08. The maximum atomic E-state index is 12.4. The average Bonchev–Trinajstić information content (AvgIpc) is 2.72. The van der Waals surface area contributed by atoms with Crippen LogP contribution in [0.25, 0.3) is 0 Å². The van der Waals surface area contributed by atoms with Gasteiger partial charge in [0.1, 0.15) is 6.04 Å². The summed E-state index contributed by atoms with van der Waals surface area (Å²) in [5.74, 6) is -0.331. The van der Waals surface area contributed by atoms with E-state index in [9.17, 15) is 9.59 Å². The van der Waals surface area contributed by atoms with Crippen molar-refractivity contribution in [3.8, 4) is 0 Å². The molecule has 1 saturated heterocycles. The van der Waals surface area contributed by atoms with Gasteiger partial charge in [0, 0.05) is 36.9 Å². The fraction of sp³-hybridized carbons (Fsp3) is 0.364. The highest BCUT2D eigenvalue weighted by molar-refractivity contribution is 6.30. The van der Waals surface area contributed by atoms with Crippen LogP contribution < -0.4 is 5.32 Å². The van der Waals surface area contributed by atoms with Crippen molar-refractivity contribution in [1.82, 2.24) is 9.80 Å². The molecule has 1 fully saturated rings. The number of nitrogens with one attached hydrogen (secondary N) is 1. The van der Waals surface area contributed by atoms with Crippen molar-refractivity contribution in [3.63, 3.8) is 0 Å². The number of amides is 1. The highest BCUT2D eigenvalue weighted by atomic mass is 35.5. The number of rotatable bonds is 6. The molecule has 6 nitrogen and oxygen atoms in total. The van der Waals surface area contributed by atoms with Crippen LogP contribution in [0, 0.1) is 6.92 Å². The van der Waals surface area contributed by atoms with Crippen LogP contribution in [-0.2, 0) is 14.3 Å². The quantitative estimate of drug-likeness (QED) is 0.734. The number of nitrogens with zero attached hydrogens (tertiary/aromatic N) is 2. The maximum Gasteiger partial charge on any atom is 0.327 e. The van der Waals surface area contributed by atoms with Crippen LogP contribution in [0.15, 0.2) is 48.5 Å². The molecule has 154 valence electrons. The lowest BCUT2D eigenvalue weighted by atomic mass is 10.0. The maximum absolute atomic E-state index is 12.4. The molecule has 7 heteroatoms. The minimum absolute atomic E-state index is 0.0375. The first kappa shape index (κ1) is 21.3. The predicted molar refractivity (Wildman–Crippen MR) is 114 cm³/mol. The van der Waals surface area contributed by atoms with Crippen LogP contribution in [0.1, 0.15) is 17.2 Å². The highest BCUT2D eigenvalue weighted by Crippen LogP contribution is 2.25. The Kier molecular flexibility index (Phi) is 7.25. The SMILES string of the molecule is COC(=O)C(c1ccc(Cl)cc1)N1CCN(CC(=O)Nc2ccc(C)cc2)CC1. The molecule has 1 N–H and O–H groups in total. The number of anilines is 1. The van der Waals surface area contributed by atoms with Gasteiger partial charge in [0.2, 0.25) is 5.91 Å². The summed E-state index contributed by atoms with van der Waals surface area (Å²) in [5.41, 5.74) is 2.81. The van der Waals surface area contributed by atoms with E-state index in [1.54, 1.807) is 12.1 Å². The largest absolute Gasteiger partial charge is 0.468 e. The number of methoxy groups -OCH3 is 1. The molecule has 2 aromatic rings. The normalized spacial score (nSPS) is 16.2. The van der Waals surface area contributed by atoms with Gasteiger partial charge in [-0.05, 0) is 36.8 Å². The number of aryl methyl sites for hydroxylation is 1. The second kappa shape index (κ2) is 9.87. The van der Waals surface area contributed by atoms with E-state index >= 15 is 0 Å². The lowest BCUT2D eigenvalue weighted by Crippen LogP contribution is -2.51. The summed E-state index contributed by atoms with van der Waals surface area (Å²) < 4.78 is 5.03. The van der Waals surface area contributed by atoms with E-state index in [1.165, 1.54) is 7.11 Å². The van der Waals surface area contributed by atoms with E-state index in [2.05, 4.69) is 15.1 Å². The van der Waals surface area contributed by atoms with Crippen LogP contribution in [0.4, 0.5) is 5.69 Å². The van der Waals surface area contributed by atoms with Gasteiger partial charge in [-0.1, -0.05) is 41.4 Å². The predicted octanol–water partition coefficient (Wildman–Crippen LogP) is 3.12. The number of hydrogen-bond acceptors (Lipinski definition) is 5. The number of esters is 1.